The van der Waals surface area contributed by atoms with Crippen LogP contribution in [0, 0.1) is 13.8 Å². The molecule has 0 aliphatic carbocycles. The summed E-state index contributed by atoms with van der Waals surface area (Å²) in [6.45, 7) is 9.12. The largest absolute Gasteiger partial charge is 0.382 e. The van der Waals surface area contributed by atoms with Crippen molar-refractivity contribution in [3.05, 3.63) is 56.2 Å². The first-order chi connectivity index (χ1) is 15.5. The SMILES string of the molecule is CCOCCCn1c(SCC(=O)N2CCc3ccccc3C2)nc2sc(C)c(C)c2c1=O. The number of amides is 1. The van der Waals surface area contributed by atoms with Crippen molar-refractivity contribution >= 4 is 39.2 Å². The zero-order valence-electron chi connectivity index (χ0n) is 18.8. The molecule has 2 aromatic heterocycles. The molecule has 0 unspecified atom stereocenters. The van der Waals surface area contributed by atoms with Gasteiger partial charge in [0.1, 0.15) is 4.83 Å². The Morgan fingerprint density at radius 3 is 2.81 bits per heavy atom. The summed E-state index contributed by atoms with van der Waals surface area (Å²) in [5.74, 6) is 0.354. The van der Waals surface area contributed by atoms with Crippen molar-refractivity contribution < 1.29 is 9.53 Å². The van der Waals surface area contributed by atoms with Crippen LogP contribution in [0.2, 0.25) is 0 Å². The molecule has 3 heterocycles. The lowest BCUT2D eigenvalue weighted by molar-refractivity contribution is -0.129. The van der Waals surface area contributed by atoms with Gasteiger partial charge in [-0.25, -0.2) is 4.98 Å². The maximum Gasteiger partial charge on any atom is 0.263 e. The third-order valence-electron chi connectivity index (χ3n) is 5.94. The molecular weight excluding hydrogens is 442 g/mol. The molecule has 4 rings (SSSR count). The van der Waals surface area contributed by atoms with E-state index in [1.54, 1.807) is 15.9 Å². The quantitative estimate of drug-likeness (QED) is 0.280. The third kappa shape index (κ3) is 4.77. The Labute approximate surface area is 196 Å². The Bertz CT molecular complexity index is 1190. The average Bonchev–Trinajstić information content (AvgIpc) is 3.09. The third-order valence-corrected chi connectivity index (χ3v) is 8.00. The van der Waals surface area contributed by atoms with Crippen LogP contribution in [0.15, 0.2) is 34.2 Å². The molecule has 0 saturated carbocycles. The number of ether oxygens (including phenoxy) is 1. The molecule has 3 aromatic rings. The predicted molar refractivity (Wildman–Crippen MR) is 131 cm³/mol. The van der Waals surface area contributed by atoms with Gasteiger partial charge in [0, 0.05) is 37.7 Å². The molecule has 1 aliphatic rings. The number of thiophene rings is 1. The van der Waals surface area contributed by atoms with E-state index >= 15 is 0 Å². The maximum absolute atomic E-state index is 13.3. The van der Waals surface area contributed by atoms with Gasteiger partial charge in [-0.3, -0.25) is 14.2 Å². The van der Waals surface area contributed by atoms with E-state index in [4.69, 9.17) is 9.72 Å². The molecule has 32 heavy (non-hydrogen) atoms. The van der Waals surface area contributed by atoms with E-state index in [1.807, 2.05) is 37.8 Å². The summed E-state index contributed by atoms with van der Waals surface area (Å²) >= 11 is 2.91. The van der Waals surface area contributed by atoms with E-state index in [9.17, 15) is 9.59 Å². The van der Waals surface area contributed by atoms with E-state index in [0.29, 0.717) is 36.8 Å². The summed E-state index contributed by atoms with van der Waals surface area (Å²) in [5, 5.41) is 1.32. The number of carbonyl (C=O) groups is 1. The lowest BCUT2D eigenvalue weighted by Gasteiger charge is -2.28. The number of hydrogen-bond donors (Lipinski definition) is 0. The van der Waals surface area contributed by atoms with E-state index in [2.05, 4.69) is 12.1 Å². The second kappa shape index (κ2) is 10.2. The second-order valence-corrected chi connectivity index (χ2v) is 10.1. The van der Waals surface area contributed by atoms with Crippen LogP contribution in [0.5, 0.6) is 0 Å². The first kappa shape index (κ1) is 23.0. The van der Waals surface area contributed by atoms with Crippen molar-refractivity contribution in [2.75, 3.05) is 25.5 Å². The summed E-state index contributed by atoms with van der Waals surface area (Å²) in [6.07, 6.45) is 1.61. The fourth-order valence-electron chi connectivity index (χ4n) is 4.01. The van der Waals surface area contributed by atoms with E-state index < -0.39 is 0 Å². The number of aryl methyl sites for hydroxylation is 2. The molecule has 6 nitrogen and oxygen atoms in total. The van der Waals surface area contributed by atoms with E-state index in [-0.39, 0.29) is 17.2 Å². The number of nitrogens with zero attached hydrogens (tertiary/aromatic N) is 3. The molecule has 1 amide bonds. The highest BCUT2D eigenvalue weighted by Crippen LogP contribution is 2.29. The standard InChI is InChI=1S/C24H29N3O3S2/c1-4-30-13-7-11-27-23(29)21-16(2)17(3)32-22(21)25-24(27)31-15-20(28)26-12-10-18-8-5-6-9-19(18)14-26/h5-6,8-9H,4,7,10-15H2,1-3H3. The smallest absolute Gasteiger partial charge is 0.263 e. The number of fused-ring (bicyclic) bond motifs is 2. The minimum absolute atomic E-state index is 0.0183. The van der Waals surface area contributed by atoms with Crippen LogP contribution in [0.4, 0.5) is 0 Å². The van der Waals surface area contributed by atoms with Crippen LogP contribution in [0.25, 0.3) is 10.2 Å². The van der Waals surface area contributed by atoms with Gasteiger partial charge in [0.05, 0.1) is 11.1 Å². The zero-order valence-corrected chi connectivity index (χ0v) is 20.5. The molecule has 1 aliphatic heterocycles. The Morgan fingerprint density at radius 1 is 1.25 bits per heavy atom. The first-order valence-corrected chi connectivity index (χ1v) is 12.9. The molecular formula is C24H29N3O3S2. The van der Waals surface area contributed by atoms with Crippen LogP contribution in [-0.4, -0.2) is 45.9 Å². The summed E-state index contributed by atoms with van der Waals surface area (Å²) < 4.78 is 7.18. The molecule has 1 aromatic carbocycles. The van der Waals surface area contributed by atoms with Crippen LogP contribution >= 0.6 is 23.1 Å². The highest BCUT2D eigenvalue weighted by atomic mass is 32.2. The van der Waals surface area contributed by atoms with Crippen LogP contribution in [-0.2, 0) is 29.0 Å². The summed E-state index contributed by atoms with van der Waals surface area (Å²) in [5.41, 5.74) is 3.52. The Morgan fingerprint density at radius 2 is 2.03 bits per heavy atom. The van der Waals surface area contributed by atoms with Crippen molar-refractivity contribution in [1.29, 1.82) is 0 Å². The van der Waals surface area contributed by atoms with Crippen molar-refractivity contribution in [1.82, 2.24) is 14.5 Å². The molecule has 0 bridgehead atoms. The van der Waals surface area contributed by atoms with Gasteiger partial charge in [-0.15, -0.1) is 11.3 Å². The molecule has 0 atom stereocenters. The molecule has 0 fully saturated rings. The second-order valence-electron chi connectivity index (χ2n) is 7.99. The molecule has 0 N–H and O–H groups in total. The summed E-state index contributed by atoms with van der Waals surface area (Å²) in [4.78, 5) is 34.9. The Hall–Kier alpha value is -2.16. The minimum Gasteiger partial charge on any atom is -0.382 e. The molecule has 170 valence electrons. The monoisotopic (exact) mass is 471 g/mol. The normalized spacial score (nSPS) is 13.5. The Balaban J connectivity index is 1.53. The number of rotatable bonds is 8. The van der Waals surface area contributed by atoms with Gasteiger partial charge in [0.2, 0.25) is 5.91 Å². The first-order valence-electron chi connectivity index (χ1n) is 11.0. The van der Waals surface area contributed by atoms with Crippen molar-refractivity contribution in [2.24, 2.45) is 0 Å². The average molecular weight is 472 g/mol. The number of hydrogen-bond acceptors (Lipinski definition) is 6. The number of thioether (sulfide) groups is 1. The number of benzene rings is 1. The van der Waals surface area contributed by atoms with Crippen molar-refractivity contribution in [3.8, 4) is 0 Å². The number of carbonyl (C=O) groups excluding carboxylic acids is 1. The van der Waals surface area contributed by atoms with Gasteiger partial charge in [-0.05, 0) is 50.3 Å². The van der Waals surface area contributed by atoms with Crippen LogP contribution in [0.1, 0.15) is 34.9 Å². The fourth-order valence-corrected chi connectivity index (χ4v) is 6.01. The van der Waals surface area contributed by atoms with Gasteiger partial charge in [0.25, 0.3) is 5.56 Å². The van der Waals surface area contributed by atoms with Gasteiger partial charge in [-0.2, -0.15) is 0 Å². The lowest BCUT2D eigenvalue weighted by Crippen LogP contribution is -2.37. The summed E-state index contributed by atoms with van der Waals surface area (Å²) in [7, 11) is 0. The van der Waals surface area contributed by atoms with Gasteiger partial charge < -0.3 is 9.64 Å². The van der Waals surface area contributed by atoms with E-state index in [0.717, 1.165) is 34.7 Å². The topological polar surface area (TPSA) is 64.4 Å². The van der Waals surface area contributed by atoms with Crippen LogP contribution < -0.4 is 5.56 Å². The molecule has 0 spiro atoms. The summed E-state index contributed by atoms with van der Waals surface area (Å²) in [6, 6.07) is 8.30. The highest BCUT2D eigenvalue weighted by Gasteiger charge is 2.22. The fraction of sp³-hybridized carbons (Fsp3) is 0.458. The van der Waals surface area contributed by atoms with E-state index in [1.165, 1.54) is 22.9 Å². The minimum atomic E-state index is -0.0183. The molecule has 8 heteroatoms. The maximum atomic E-state index is 13.3. The Kier molecular flexibility index (Phi) is 7.33. The van der Waals surface area contributed by atoms with Gasteiger partial charge in [0.15, 0.2) is 5.16 Å². The van der Waals surface area contributed by atoms with Crippen molar-refractivity contribution in [2.45, 2.75) is 51.9 Å². The van der Waals surface area contributed by atoms with Gasteiger partial charge >= 0.3 is 0 Å². The lowest BCUT2D eigenvalue weighted by atomic mass is 10.00. The molecule has 0 saturated heterocycles. The van der Waals surface area contributed by atoms with Gasteiger partial charge in [-0.1, -0.05) is 36.0 Å². The predicted octanol–water partition coefficient (Wildman–Crippen LogP) is 4.18. The number of aromatic nitrogens is 2. The molecule has 0 radical (unpaired) electrons. The van der Waals surface area contributed by atoms with Crippen molar-refractivity contribution in [3.63, 3.8) is 0 Å². The van der Waals surface area contributed by atoms with Crippen LogP contribution in [0.3, 0.4) is 0 Å². The highest BCUT2D eigenvalue weighted by molar-refractivity contribution is 7.99. The zero-order chi connectivity index (χ0) is 22.7.